The van der Waals surface area contributed by atoms with Gasteiger partial charge in [0.2, 0.25) is 5.91 Å². The molecule has 112 valence electrons. The van der Waals surface area contributed by atoms with Gasteiger partial charge in [0, 0.05) is 12.0 Å². The standard InChI is InChI=1S/C15H19N3O2S/c1-8-13(9(2)19)15(18-14(16-8)10-3-4-10)21-7-12(20)17-11-5-6-11/h10-11H,3-7H2,1-2H3,(H,17,20). The number of carbonyl (C=O) groups is 2. The van der Waals surface area contributed by atoms with Crippen molar-refractivity contribution in [1.82, 2.24) is 15.3 Å². The molecule has 21 heavy (non-hydrogen) atoms. The van der Waals surface area contributed by atoms with Crippen LogP contribution in [0.2, 0.25) is 0 Å². The number of aryl methyl sites for hydroxylation is 1. The largest absolute Gasteiger partial charge is 0.353 e. The molecule has 2 aliphatic carbocycles. The monoisotopic (exact) mass is 305 g/mol. The van der Waals surface area contributed by atoms with E-state index >= 15 is 0 Å². The number of amides is 1. The normalized spacial score (nSPS) is 17.6. The Kier molecular flexibility index (Phi) is 3.97. The number of Topliss-reactive ketones (excluding diaryl/α,β-unsaturated/α-hetero) is 1. The van der Waals surface area contributed by atoms with Crippen LogP contribution < -0.4 is 5.32 Å². The molecule has 0 aliphatic heterocycles. The summed E-state index contributed by atoms with van der Waals surface area (Å²) in [5, 5.41) is 3.60. The number of thioether (sulfide) groups is 1. The van der Waals surface area contributed by atoms with E-state index in [0.717, 1.165) is 37.2 Å². The first-order valence-corrected chi connectivity index (χ1v) is 8.34. The Bertz CT molecular complexity index is 595. The Labute approximate surface area is 128 Å². The van der Waals surface area contributed by atoms with Crippen molar-refractivity contribution in [2.24, 2.45) is 0 Å². The molecule has 1 N–H and O–H groups in total. The zero-order valence-corrected chi connectivity index (χ0v) is 13.1. The van der Waals surface area contributed by atoms with Gasteiger partial charge in [-0.2, -0.15) is 0 Å². The first-order chi connectivity index (χ1) is 10.0. The molecule has 0 saturated heterocycles. The highest BCUT2D eigenvalue weighted by Gasteiger charge is 2.29. The molecule has 6 heteroatoms. The number of ketones is 1. The van der Waals surface area contributed by atoms with E-state index in [2.05, 4.69) is 15.3 Å². The number of rotatable bonds is 6. The zero-order valence-electron chi connectivity index (χ0n) is 12.3. The summed E-state index contributed by atoms with van der Waals surface area (Å²) in [6.07, 6.45) is 4.39. The third-order valence-electron chi connectivity index (χ3n) is 3.65. The third-order valence-corrected chi connectivity index (χ3v) is 4.63. The van der Waals surface area contributed by atoms with E-state index in [1.54, 1.807) is 0 Å². The van der Waals surface area contributed by atoms with Gasteiger partial charge in [-0.3, -0.25) is 9.59 Å². The van der Waals surface area contributed by atoms with Crippen molar-refractivity contribution in [2.75, 3.05) is 5.75 Å². The quantitative estimate of drug-likeness (QED) is 0.496. The fourth-order valence-corrected chi connectivity index (χ4v) is 3.18. The molecule has 1 heterocycles. The maximum atomic E-state index is 11.8. The number of nitrogens with zero attached hydrogens (tertiary/aromatic N) is 2. The Balaban J connectivity index is 1.76. The highest BCUT2D eigenvalue weighted by Crippen LogP contribution is 2.39. The van der Waals surface area contributed by atoms with Gasteiger partial charge in [-0.05, 0) is 39.5 Å². The third kappa shape index (κ3) is 3.61. The van der Waals surface area contributed by atoms with Gasteiger partial charge in [0.1, 0.15) is 10.9 Å². The van der Waals surface area contributed by atoms with Gasteiger partial charge in [0.15, 0.2) is 5.78 Å². The van der Waals surface area contributed by atoms with Crippen LogP contribution in [0.3, 0.4) is 0 Å². The van der Waals surface area contributed by atoms with Crippen molar-refractivity contribution >= 4 is 23.5 Å². The van der Waals surface area contributed by atoms with Crippen molar-refractivity contribution in [3.8, 4) is 0 Å². The summed E-state index contributed by atoms with van der Waals surface area (Å²) in [4.78, 5) is 32.6. The molecular weight excluding hydrogens is 286 g/mol. The van der Waals surface area contributed by atoms with Gasteiger partial charge < -0.3 is 5.32 Å². The molecule has 3 rings (SSSR count). The van der Waals surface area contributed by atoms with Gasteiger partial charge >= 0.3 is 0 Å². The molecule has 1 amide bonds. The van der Waals surface area contributed by atoms with Crippen LogP contribution in [0, 0.1) is 6.92 Å². The Morgan fingerprint density at radius 3 is 2.52 bits per heavy atom. The summed E-state index contributed by atoms with van der Waals surface area (Å²) in [7, 11) is 0. The van der Waals surface area contributed by atoms with Crippen molar-refractivity contribution in [2.45, 2.75) is 56.5 Å². The first kappa shape index (κ1) is 14.5. The molecule has 2 fully saturated rings. The van der Waals surface area contributed by atoms with E-state index in [9.17, 15) is 9.59 Å². The average Bonchev–Trinajstić information content (AvgIpc) is 3.27. The molecule has 0 radical (unpaired) electrons. The van der Waals surface area contributed by atoms with Crippen molar-refractivity contribution in [3.63, 3.8) is 0 Å². The second kappa shape index (κ2) is 5.75. The van der Waals surface area contributed by atoms with E-state index in [1.165, 1.54) is 18.7 Å². The second-order valence-electron chi connectivity index (χ2n) is 5.81. The molecule has 0 aromatic carbocycles. The number of aromatic nitrogens is 2. The lowest BCUT2D eigenvalue weighted by Crippen LogP contribution is -2.27. The van der Waals surface area contributed by atoms with E-state index in [-0.39, 0.29) is 11.7 Å². The zero-order chi connectivity index (χ0) is 15.0. The number of hydrogen-bond acceptors (Lipinski definition) is 5. The van der Waals surface area contributed by atoms with Gasteiger partial charge in [-0.25, -0.2) is 9.97 Å². The first-order valence-electron chi connectivity index (χ1n) is 7.36. The summed E-state index contributed by atoms with van der Waals surface area (Å²) >= 11 is 1.34. The van der Waals surface area contributed by atoms with Gasteiger partial charge in [0.25, 0.3) is 0 Å². The molecular formula is C15H19N3O2S. The minimum absolute atomic E-state index is 0.0150. The minimum Gasteiger partial charge on any atom is -0.353 e. The maximum Gasteiger partial charge on any atom is 0.230 e. The molecule has 2 aliphatic rings. The Morgan fingerprint density at radius 2 is 1.95 bits per heavy atom. The predicted octanol–water partition coefficient (Wildman–Crippen LogP) is 2.24. The van der Waals surface area contributed by atoms with E-state index in [4.69, 9.17) is 0 Å². The summed E-state index contributed by atoms with van der Waals surface area (Å²) in [6.45, 7) is 3.37. The van der Waals surface area contributed by atoms with Gasteiger partial charge in [0.05, 0.1) is 17.0 Å². The van der Waals surface area contributed by atoms with Crippen LogP contribution in [0.25, 0.3) is 0 Å². The highest BCUT2D eigenvalue weighted by atomic mass is 32.2. The fraction of sp³-hybridized carbons (Fsp3) is 0.600. The molecule has 0 unspecified atom stereocenters. The highest BCUT2D eigenvalue weighted by molar-refractivity contribution is 8.00. The van der Waals surface area contributed by atoms with E-state index < -0.39 is 0 Å². The topological polar surface area (TPSA) is 72.0 Å². The van der Waals surface area contributed by atoms with Crippen LogP contribution in [-0.2, 0) is 4.79 Å². The van der Waals surface area contributed by atoms with Crippen molar-refractivity contribution < 1.29 is 9.59 Å². The Hall–Kier alpha value is -1.43. The van der Waals surface area contributed by atoms with Gasteiger partial charge in [-0.15, -0.1) is 0 Å². The van der Waals surface area contributed by atoms with Crippen LogP contribution in [0.1, 0.15) is 60.4 Å². The molecule has 0 spiro atoms. The van der Waals surface area contributed by atoms with E-state index in [0.29, 0.717) is 28.3 Å². The lowest BCUT2D eigenvalue weighted by Gasteiger charge is -2.10. The predicted molar refractivity (Wildman–Crippen MR) is 80.6 cm³/mol. The number of hydrogen-bond donors (Lipinski definition) is 1. The van der Waals surface area contributed by atoms with Crippen LogP contribution in [0.4, 0.5) is 0 Å². The van der Waals surface area contributed by atoms with Crippen LogP contribution in [-0.4, -0.2) is 33.5 Å². The average molecular weight is 305 g/mol. The second-order valence-corrected chi connectivity index (χ2v) is 6.77. The lowest BCUT2D eigenvalue weighted by molar-refractivity contribution is -0.118. The minimum atomic E-state index is -0.0417. The van der Waals surface area contributed by atoms with Crippen LogP contribution in [0.5, 0.6) is 0 Å². The van der Waals surface area contributed by atoms with Crippen molar-refractivity contribution in [1.29, 1.82) is 0 Å². The molecule has 0 bridgehead atoms. The molecule has 2 saturated carbocycles. The SMILES string of the molecule is CC(=O)c1c(C)nc(C2CC2)nc1SCC(=O)NC1CC1. The number of carbonyl (C=O) groups excluding carboxylic acids is 2. The van der Waals surface area contributed by atoms with Crippen molar-refractivity contribution in [3.05, 3.63) is 17.1 Å². The van der Waals surface area contributed by atoms with Crippen LogP contribution in [0.15, 0.2) is 5.03 Å². The fourth-order valence-electron chi connectivity index (χ4n) is 2.23. The van der Waals surface area contributed by atoms with Gasteiger partial charge in [-0.1, -0.05) is 11.8 Å². The van der Waals surface area contributed by atoms with E-state index in [1.807, 2.05) is 6.92 Å². The smallest absolute Gasteiger partial charge is 0.230 e. The summed E-state index contributed by atoms with van der Waals surface area (Å²) in [5.41, 5.74) is 1.29. The summed E-state index contributed by atoms with van der Waals surface area (Å²) in [6, 6.07) is 0.361. The lowest BCUT2D eigenvalue weighted by atomic mass is 10.2. The molecule has 0 atom stereocenters. The summed E-state index contributed by atoms with van der Waals surface area (Å²) in [5.74, 6) is 1.53. The number of nitrogens with one attached hydrogen (secondary N) is 1. The Morgan fingerprint density at radius 1 is 1.24 bits per heavy atom. The molecule has 5 nitrogen and oxygen atoms in total. The molecule has 1 aromatic rings. The summed E-state index contributed by atoms with van der Waals surface area (Å²) < 4.78 is 0. The maximum absolute atomic E-state index is 11.8. The molecule has 1 aromatic heterocycles. The van der Waals surface area contributed by atoms with Crippen LogP contribution >= 0.6 is 11.8 Å².